The van der Waals surface area contributed by atoms with Gasteiger partial charge in [0.05, 0.1) is 0 Å². The van der Waals surface area contributed by atoms with Crippen LogP contribution in [0.4, 0.5) is 23.1 Å². The van der Waals surface area contributed by atoms with Crippen molar-refractivity contribution in [1.82, 2.24) is 9.88 Å². The second-order valence-electron chi connectivity index (χ2n) is 9.11. The minimum absolute atomic E-state index is 0.0502. The average Bonchev–Trinajstić information content (AvgIpc) is 3.43. The molecule has 0 radical (unpaired) electrons. The summed E-state index contributed by atoms with van der Waals surface area (Å²) in [6.45, 7) is 4.63. The van der Waals surface area contributed by atoms with Gasteiger partial charge in [-0.15, -0.1) is 0 Å². The Morgan fingerprint density at radius 1 is 1.18 bits per heavy atom. The lowest BCUT2D eigenvalue weighted by molar-refractivity contribution is -0.140. The summed E-state index contributed by atoms with van der Waals surface area (Å²) in [5.74, 6) is -0.693. The maximum Gasteiger partial charge on any atom is 0.347 e. The summed E-state index contributed by atoms with van der Waals surface area (Å²) in [6.07, 6.45) is 4.88. The molecule has 1 aromatic carbocycles. The fraction of sp³-hybridized carbons (Fsp3) is 0.286. The normalized spacial score (nSPS) is 13.0. The van der Waals surface area contributed by atoms with Crippen molar-refractivity contribution in [2.45, 2.75) is 13.8 Å². The predicted molar refractivity (Wildman–Crippen MR) is 149 cm³/mol. The number of rotatable bonds is 11. The highest BCUT2D eigenvalue weighted by Gasteiger charge is 2.28. The number of aryl methyl sites for hydroxylation is 1. The lowest BCUT2D eigenvalue weighted by Gasteiger charge is -2.13. The van der Waals surface area contributed by atoms with E-state index >= 15 is 0 Å². The van der Waals surface area contributed by atoms with Gasteiger partial charge < -0.3 is 34.5 Å². The number of hydrogen-bond donors (Lipinski definition) is 3. The number of carbonyl (C=O) groups is 2. The third-order valence-corrected chi connectivity index (χ3v) is 5.81. The molecule has 204 valence electrons. The third-order valence-electron chi connectivity index (χ3n) is 5.81. The predicted octanol–water partition coefficient (Wildman–Crippen LogP) is 4.38. The fourth-order valence-corrected chi connectivity index (χ4v) is 3.82. The van der Waals surface area contributed by atoms with Gasteiger partial charge in [-0.25, -0.2) is 14.8 Å². The number of hydrogen-bond acceptors (Lipinski definition) is 11. The number of ether oxygens (including phenoxy) is 2. The maximum atomic E-state index is 13.0. The number of nitrogens with zero attached hydrogens (tertiary/aromatic N) is 3. The minimum atomic E-state index is -0.714. The number of furan rings is 1. The molecule has 3 N–H and O–H groups in total. The summed E-state index contributed by atoms with van der Waals surface area (Å²) in [5.41, 5.74) is 3.69. The molecular weight excluding hydrogens is 502 g/mol. The van der Waals surface area contributed by atoms with Crippen LogP contribution in [0.1, 0.15) is 34.2 Å². The Hall–Kier alpha value is -4.64. The van der Waals surface area contributed by atoms with Gasteiger partial charge >= 0.3 is 11.9 Å². The van der Waals surface area contributed by atoms with Crippen LogP contribution in [0.5, 0.6) is 5.75 Å². The molecule has 1 aliphatic heterocycles. The second kappa shape index (κ2) is 12.3. The van der Waals surface area contributed by atoms with Gasteiger partial charge in [-0.1, -0.05) is 0 Å². The van der Waals surface area contributed by atoms with Crippen molar-refractivity contribution in [2.24, 2.45) is 4.99 Å². The molecule has 11 nitrogen and oxygen atoms in total. The monoisotopic (exact) mass is 533 g/mol. The van der Waals surface area contributed by atoms with Crippen LogP contribution in [0.3, 0.4) is 0 Å². The molecule has 39 heavy (non-hydrogen) atoms. The zero-order valence-electron chi connectivity index (χ0n) is 22.3. The quantitative estimate of drug-likeness (QED) is 0.240. The number of likely N-dealkylation sites (N-methyl/N-ethyl adjacent to an activating group) is 1. The smallest absolute Gasteiger partial charge is 0.347 e. The molecule has 0 spiro atoms. The van der Waals surface area contributed by atoms with E-state index in [1.54, 1.807) is 24.6 Å². The fourth-order valence-electron chi connectivity index (χ4n) is 3.82. The number of anilines is 3. The van der Waals surface area contributed by atoms with E-state index in [1.165, 1.54) is 6.92 Å². The van der Waals surface area contributed by atoms with Crippen LogP contribution in [0.25, 0.3) is 11.6 Å². The van der Waals surface area contributed by atoms with Gasteiger partial charge in [0.15, 0.2) is 22.9 Å². The number of allylic oxidation sites excluding steroid dienone is 1. The number of aromatic nitrogens is 1. The second-order valence-corrected chi connectivity index (χ2v) is 9.11. The Bertz CT molecular complexity index is 1430. The molecule has 0 saturated carbocycles. The number of fused-ring (bicyclic) bond motifs is 1. The van der Waals surface area contributed by atoms with Crippen LogP contribution in [-0.2, 0) is 14.3 Å². The van der Waals surface area contributed by atoms with Crippen LogP contribution in [0.15, 0.2) is 45.9 Å². The molecule has 1 aliphatic rings. The highest BCUT2D eigenvalue weighted by atomic mass is 16.5. The summed E-state index contributed by atoms with van der Waals surface area (Å²) in [7, 11) is 3.74. The average molecular weight is 534 g/mol. The summed E-state index contributed by atoms with van der Waals surface area (Å²) in [4.78, 5) is 34.4. The molecule has 0 unspecified atom stereocenters. The van der Waals surface area contributed by atoms with E-state index in [0.29, 0.717) is 30.2 Å². The molecule has 0 amide bonds. The Labute approximate surface area is 226 Å². The number of esters is 2. The van der Waals surface area contributed by atoms with Crippen molar-refractivity contribution in [3.63, 3.8) is 0 Å². The first kappa shape index (κ1) is 27.4. The molecule has 0 bridgehead atoms. The van der Waals surface area contributed by atoms with Gasteiger partial charge in [-0.3, -0.25) is 4.79 Å². The first-order valence-electron chi connectivity index (χ1n) is 12.4. The van der Waals surface area contributed by atoms with E-state index in [1.807, 2.05) is 50.2 Å². The van der Waals surface area contributed by atoms with Gasteiger partial charge in [0, 0.05) is 54.9 Å². The van der Waals surface area contributed by atoms with Crippen molar-refractivity contribution in [2.75, 3.05) is 51.0 Å². The first-order valence-corrected chi connectivity index (χ1v) is 12.4. The minimum Gasteiger partial charge on any atom is -0.504 e. The Kier molecular flexibility index (Phi) is 8.62. The number of nitrogens with one attached hydrogen (secondary N) is 2. The number of aromatic hydroxyl groups is 1. The van der Waals surface area contributed by atoms with E-state index < -0.39 is 5.97 Å². The highest BCUT2D eigenvalue weighted by Crippen LogP contribution is 2.40. The molecule has 3 aromatic rings. The molecule has 2 aromatic heterocycles. The number of benzene rings is 1. The van der Waals surface area contributed by atoms with Crippen LogP contribution < -0.4 is 10.6 Å². The molecule has 0 atom stereocenters. The van der Waals surface area contributed by atoms with Gasteiger partial charge in [0.2, 0.25) is 5.88 Å². The Morgan fingerprint density at radius 3 is 2.74 bits per heavy atom. The standard InChI is InChI=1S/C28H31N5O6/c1-17-14-20(29-10-12-37-18(2)34)7-8-22(17)32-27-24(28(36)38-13-11-33(3)4)25(35)23(39-27)15-19-16-31-26-21(19)6-5-9-30-26/h5-9,14-16,29,32,35H,10-13H2,1-4H3. The van der Waals surface area contributed by atoms with Crippen LogP contribution >= 0.6 is 0 Å². The highest BCUT2D eigenvalue weighted by molar-refractivity contribution is 6.21. The zero-order chi connectivity index (χ0) is 27.9. The Morgan fingerprint density at radius 2 is 2.00 bits per heavy atom. The molecule has 0 aliphatic carbocycles. The van der Waals surface area contributed by atoms with E-state index in [9.17, 15) is 14.7 Å². The van der Waals surface area contributed by atoms with Gasteiger partial charge in [0.25, 0.3) is 0 Å². The Balaban J connectivity index is 1.60. The van der Waals surface area contributed by atoms with E-state index in [-0.39, 0.29) is 42.1 Å². The molecule has 0 fully saturated rings. The summed E-state index contributed by atoms with van der Waals surface area (Å²) < 4.78 is 16.3. The van der Waals surface area contributed by atoms with Crippen molar-refractivity contribution >= 4 is 52.9 Å². The van der Waals surface area contributed by atoms with Crippen molar-refractivity contribution < 1.29 is 28.6 Å². The maximum absolute atomic E-state index is 13.0. The molecule has 0 saturated heterocycles. The van der Waals surface area contributed by atoms with Crippen molar-refractivity contribution in [3.8, 4) is 5.75 Å². The lowest BCUT2D eigenvalue weighted by atomic mass is 10.1. The van der Waals surface area contributed by atoms with Crippen molar-refractivity contribution in [1.29, 1.82) is 0 Å². The molecule has 3 heterocycles. The zero-order valence-corrected chi connectivity index (χ0v) is 22.3. The van der Waals surface area contributed by atoms with E-state index in [2.05, 4.69) is 20.6 Å². The largest absolute Gasteiger partial charge is 0.504 e. The van der Waals surface area contributed by atoms with E-state index in [0.717, 1.165) is 16.8 Å². The molecule has 11 heteroatoms. The van der Waals surface area contributed by atoms with Gasteiger partial charge in [-0.05, 0) is 63.0 Å². The van der Waals surface area contributed by atoms with Crippen LogP contribution in [-0.4, -0.2) is 73.5 Å². The number of pyridine rings is 1. The SMILES string of the molecule is CC(=O)OCCNc1ccc(Nc2oc(C=C3C=Nc4ncccc43)c(O)c2C(=O)OCCN(C)C)c(C)c1. The first-order chi connectivity index (χ1) is 18.7. The van der Waals surface area contributed by atoms with Crippen LogP contribution in [0.2, 0.25) is 0 Å². The summed E-state index contributed by atoms with van der Waals surface area (Å²) in [5, 5.41) is 17.4. The van der Waals surface area contributed by atoms with E-state index in [4.69, 9.17) is 13.9 Å². The lowest BCUT2D eigenvalue weighted by Crippen LogP contribution is -2.20. The van der Waals surface area contributed by atoms with Crippen LogP contribution in [0, 0.1) is 6.92 Å². The summed E-state index contributed by atoms with van der Waals surface area (Å²) >= 11 is 0. The molecular formula is C28H31N5O6. The van der Waals surface area contributed by atoms with Gasteiger partial charge in [0.1, 0.15) is 13.2 Å². The number of aliphatic imine (C=N–C) groups is 1. The third kappa shape index (κ3) is 6.82. The molecule has 4 rings (SSSR count). The van der Waals surface area contributed by atoms with Gasteiger partial charge in [-0.2, -0.15) is 0 Å². The summed E-state index contributed by atoms with van der Waals surface area (Å²) in [6, 6.07) is 9.20. The topological polar surface area (TPSA) is 139 Å². The number of carbonyl (C=O) groups excluding carboxylic acids is 2. The van der Waals surface area contributed by atoms with Crippen molar-refractivity contribution in [3.05, 3.63) is 59.0 Å².